The van der Waals surface area contributed by atoms with Gasteiger partial charge in [-0.1, -0.05) is 12.1 Å². The van der Waals surface area contributed by atoms with Gasteiger partial charge in [0.1, 0.15) is 11.6 Å². The maximum absolute atomic E-state index is 13.9. The van der Waals surface area contributed by atoms with Gasteiger partial charge in [0, 0.05) is 20.0 Å². The molecule has 7 heteroatoms. The molecular weight excluding hydrogens is 385 g/mol. The summed E-state index contributed by atoms with van der Waals surface area (Å²) in [5.74, 6) is -0.243. The lowest BCUT2D eigenvalue weighted by Crippen LogP contribution is -2.32. The summed E-state index contributed by atoms with van der Waals surface area (Å²) in [6.07, 6.45) is 3.36. The Morgan fingerprint density at radius 1 is 1.10 bits per heavy atom. The quantitative estimate of drug-likeness (QED) is 0.719. The average molecular weight is 413 g/mol. The first kappa shape index (κ1) is 21.6. The molecule has 1 saturated heterocycles. The average Bonchev–Trinajstić information content (AvgIpc) is 2.74. The zero-order chi connectivity index (χ0) is 21.5. The van der Waals surface area contributed by atoms with Crippen LogP contribution >= 0.6 is 0 Å². The van der Waals surface area contributed by atoms with E-state index in [1.807, 2.05) is 12.1 Å². The maximum atomic E-state index is 13.9. The molecule has 0 bridgehead atoms. The fourth-order valence-electron chi connectivity index (χ4n) is 3.74. The predicted octanol–water partition coefficient (Wildman–Crippen LogP) is 4.03. The molecule has 1 aliphatic rings. The summed E-state index contributed by atoms with van der Waals surface area (Å²) in [5.41, 5.74) is 2.07. The SMILES string of the molecule is COc1ccc(C(CC(=O)Nc2cc(F)ccc2N2CCCCC2)NC(C)=O)cc1. The molecule has 0 aliphatic carbocycles. The number of piperidine rings is 1. The van der Waals surface area contributed by atoms with Crippen molar-refractivity contribution in [3.05, 3.63) is 53.8 Å². The molecule has 1 unspecified atom stereocenters. The highest BCUT2D eigenvalue weighted by molar-refractivity contribution is 5.95. The molecule has 1 heterocycles. The van der Waals surface area contributed by atoms with Crippen LogP contribution in [0, 0.1) is 5.82 Å². The molecule has 0 saturated carbocycles. The van der Waals surface area contributed by atoms with E-state index < -0.39 is 11.9 Å². The van der Waals surface area contributed by atoms with Crippen LogP contribution in [-0.2, 0) is 9.59 Å². The van der Waals surface area contributed by atoms with Gasteiger partial charge >= 0.3 is 0 Å². The predicted molar refractivity (Wildman–Crippen MR) is 115 cm³/mol. The number of hydrogen-bond donors (Lipinski definition) is 2. The summed E-state index contributed by atoms with van der Waals surface area (Å²) in [7, 11) is 1.58. The normalized spacial score (nSPS) is 14.7. The first-order chi connectivity index (χ1) is 14.5. The molecule has 2 N–H and O–H groups in total. The van der Waals surface area contributed by atoms with E-state index in [1.54, 1.807) is 25.3 Å². The fourth-order valence-corrected chi connectivity index (χ4v) is 3.74. The summed E-state index contributed by atoms with van der Waals surface area (Å²) in [4.78, 5) is 26.7. The van der Waals surface area contributed by atoms with Gasteiger partial charge in [-0.25, -0.2) is 4.39 Å². The minimum Gasteiger partial charge on any atom is -0.497 e. The Hall–Kier alpha value is -3.09. The summed E-state index contributed by atoms with van der Waals surface area (Å²) >= 11 is 0. The first-order valence-corrected chi connectivity index (χ1v) is 10.2. The summed E-state index contributed by atoms with van der Waals surface area (Å²) in [5, 5.41) is 5.66. The lowest BCUT2D eigenvalue weighted by Gasteiger charge is -2.30. The van der Waals surface area contributed by atoms with Crippen molar-refractivity contribution in [2.45, 2.75) is 38.6 Å². The molecule has 2 amide bonds. The number of nitrogens with zero attached hydrogens (tertiary/aromatic N) is 1. The van der Waals surface area contributed by atoms with E-state index >= 15 is 0 Å². The number of ether oxygens (including phenoxy) is 1. The number of halogens is 1. The second kappa shape index (κ2) is 10.1. The Bertz CT molecular complexity index is 880. The second-order valence-corrected chi connectivity index (χ2v) is 7.49. The van der Waals surface area contributed by atoms with E-state index in [4.69, 9.17) is 4.74 Å². The van der Waals surface area contributed by atoms with Crippen molar-refractivity contribution >= 4 is 23.2 Å². The minimum absolute atomic E-state index is 0.0296. The zero-order valence-corrected chi connectivity index (χ0v) is 17.4. The van der Waals surface area contributed by atoms with Gasteiger partial charge in [0.05, 0.1) is 30.9 Å². The molecule has 0 radical (unpaired) electrons. The van der Waals surface area contributed by atoms with Gasteiger partial charge in [-0.2, -0.15) is 0 Å². The standard InChI is InChI=1S/C23H28FN3O3/c1-16(28)25-20(17-6-9-19(30-2)10-7-17)15-23(29)26-21-14-18(24)8-11-22(21)27-12-4-3-5-13-27/h6-11,14,20H,3-5,12-13,15H2,1-2H3,(H,25,28)(H,26,29). The van der Waals surface area contributed by atoms with Crippen molar-refractivity contribution in [3.8, 4) is 5.75 Å². The number of anilines is 2. The molecule has 6 nitrogen and oxygen atoms in total. The van der Waals surface area contributed by atoms with Crippen LogP contribution in [-0.4, -0.2) is 32.0 Å². The highest BCUT2D eigenvalue weighted by Crippen LogP contribution is 2.30. The molecule has 3 rings (SSSR count). The molecule has 1 aliphatic heterocycles. The van der Waals surface area contributed by atoms with E-state index in [2.05, 4.69) is 15.5 Å². The van der Waals surface area contributed by atoms with Gasteiger partial charge in [0.2, 0.25) is 11.8 Å². The molecule has 1 fully saturated rings. The van der Waals surface area contributed by atoms with Gasteiger partial charge in [0.25, 0.3) is 0 Å². The van der Waals surface area contributed by atoms with Crippen LogP contribution in [0.2, 0.25) is 0 Å². The van der Waals surface area contributed by atoms with Crippen molar-refractivity contribution in [3.63, 3.8) is 0 Å². The number of hydrogen-bond acceptors (Lipinski definition) is 4. The van der Waals surface area contributed by atoms with Crippen LogP contribution < -0.4 is 20.3 Å². The van der Waals surface area contributed by atoms with Gasteiger partial charge in [-0.3, -0.25) is 9.59 Å². The van der Waals surface area contributed by atoms with Crippen LogP contribution in [0.15, 0.2) is 42.5 Å². The number of carbonyl (C=O) groups is 2. The molecule has 2 aromatic carbocycles. The highest BCUT2D eigenvalue weighted by Gasteiger charge is 2.20. The number of benzene rings is 2. The monoisotopic (exact) mass is 413 g/mol. The van der Waals surface area contributed by atoms with E-state index in [9.17, 15) is 14.0 Å². The molecule has 0 aromatic heterocycles. The molecule has 160 valence electrons. The van der Waals surface area contributed by atoms with Crippen LogP contribution in [0.4, 0.5) is 15.8 Å². The molecule has 1 atom stereocenters. The minimum atomic E-state index is -0.500. The van der Waals surface area contributed by atoms with E-state index in [-0.39, 0.29) is 18.2 Å². The van der Waals surface area contributed by atoms with E-state index in [0.29, 0.717) is 11.4 Å². The zero-order valence-electron chi connectivity index (χ0n) is 17.4. The van der Waals surface area contributed by atoms with Gasteiger partial charge in [0.15, 0.2) is 0 Å². The Labute approximate surface area is 176 Å². The third kappa shape index (κ3) is 5.72. The smallest absolute Gasteiger partial charge is 0.226 e. The Kier molecular flexibility index (Phi) is 7.27. The van der Waals surface area contributed by atoms with Crippen LogP contribution in [0.1, 0.15) is 44.2 Å². The molecular formula is C23H28FN3O3. The first-order valence-electron chi connectivity index (χ1n) is 10.2. The van der Waals surface area contributed by atoms with Gasteiger partial charge in [-0.05, 0) is 55.2 Å². The molecule has 2 aromatic rings. The van der Waals surface area contributed by atoms with Gasteiger partial charge in [-0.15, -0.1) is 0 Å². The lowest BCUT2D eigenvalue weighted by atomic mass is 10.0. The summed E-state index contributed by atoms with van der Waals surface area (Å²) in [6, 6.07) is 11.2. The number of methoxy groups -OCH3 is 1. The summed E-state index contributed by atoms with van der Waals surface area (Å²) < 4.78 is 19.1. The number of amides is 2. The number of nitrogens with one attached hydrogen (secondary N) is 2. The Morgan fingerprint density at radius 2 is 1.80 bits per heavy atom. The molecule has 30 heavy (non-hydrogen) atoms. The van der Waals surface area contributed by atoms with Crippen LogP contribution in [0.5, 0.6) is 5.75 Å². The summed E-state index contributed by atoms with van der Waals surface area (Å²) in [6.45, 7) is 3.18. The van der Waals surface area contributed by atoms with Gasteiger partial charge < -0.3 is 20.3 Å². The van der Waals surface area contributed by atoms with E-state index in [0.717, 1.165) is 37.2 Å². The third-order valence-electron chi connectivity index (χ3n) is 5.21. The van der Waals surface area contributed by atoms with Crippen molar-refractivity contribution < 1.29 is 18.7 Å². The molecule has 0 spiro atoms. The number of rotatable bonds is 7. The van der Waals surface area contributed by atoms with E-state index in [1.165, 1.54) is 25.5 Å². The van der Waals surface area contributed by atoms with Crippen molar-refractivity contribution in [2.24, 2.45) is 0 Å². The lowest BCUT2D eigenvalue weighted by molar-refractivity contribution is -0.120. The fraction of sp³-hybridized carbons (Fsp3) is 0.391. The Morgan fingerprint density at radius 3 is 2.43 bits per heavy atom. The highest BCUT2D eigenvalue weighted by atomic mass is 19.1. The van der Waals surface area contributed by atoms with Crippen LogP contribution in [0.3, 0.4) is 0 Å². The number of carbonyl (C=O) groups excluding carboxylic acids is 2. The second-order valence-electron chi connectivity index (χ2n) is 7.49. The maximum Gasteiger partial charge on any atom is 0.226 e. The van der Waals surface area contributed by atoms with Crippen LogP contribution in [0.25, 0.3) is 0 Å². The Balaban J connectivity index is 1.76. The topological polar surface area (TPSA) is 70.7 Å². The third-order valence-corrected chi connectivity index (χ3v) is 5.21. The van der Waals surface area contributed by atoms with Crippen molar-refractivity contribution in [1.29, 1.82) is 0 Å². The van der Waals surface area contributed by atoms with Crippen molar-refractivity contribution in [1.82, 2.24) is 5.32 Å². The largest absolute Gasteiger partial charge is 0.497 e. The van der Waals surface area contributed by atoms with Crippen molar-refractivity contribution in [2.75, 3.05) is 30.4 Å².